The van der Waals surface area contributed by atoms with Crippen molar-refractivity contribution < 1.29 is 141 Å². The summed E-state index contributed by atoms with van der Waals surface area (Å²) in [5.74, 6) is -33.2. The Hall–Kier alpha value is -6.78. The van der Waals surface area contributed by atoms with E-state index in [4.69, 9.17) is 47.4 Å². The lowest BCUT2D eigenvalue weighted by Gasteiger charge is -2.35. The van der Waals surface area contributed by atoms with Crippen LogP contribution in [-0.2, 0) is 114 Å². The second-order valence-corrected chi connectivity index (χ2v) is 45.1. The summed E-state index contributed by atoms with van der Waals surface area (Å²) in [7, 11) is 0. The Labute approximate surface area is 855 Å². The summed E-state index contributed by atoms with van der Waals surface area (Å²) in [6, 6.07) is 0. The highest BCUT2D eigenvalue weighted by molar-refractivity contribution is 5.93. The molecule has 144 heavy (non-hydrogen) atoms. The number of carbonyl (C=O) groups is 12. The molecule has 824 valence electrons. The molecule has 0 radical (unpaired) electrons. The van der Waals surface area contributed by atoms with Gasteiger partial charge in [-0.1, -0.05) is 193 Å². The number of hydrogen-bond donors (Lipinski definition) is 0. The molecular weight excluding hydrogens is 1870 g/mol. The molecule has 6 unspecified atom stereocenters. The van der Waals surface area contributed by atoms with Crippen molar-refractivity contribution in [3.63, 3.8) is 0 Å². The first-order valence-corrected chi connectivity index (χ1v) is 57.8. The smallest absolute Gasteiger partial charge is 0.411 e. The third-order valence-corrected chi connectivity index (χ3v) is 32.1. The zero-order valence-electron chi connectivity index (χ0n) is 88.2. The normalized spacial score (nSPS) is 23.8. The number of esters is 12. The van der Waals surface area contributed by atoms with Crippen LogP contribution in [0.3, 0.4) is 0 Å². The number of ether oxygens (including phenoxy) is 12. The van der Waals surface area contributed by atoms with E-state index in [0.29, 0.717) is 25.7 Å². The molecular formula is C114H182F6O24. The van der Waals surface area contributed by atoms with Gasteiger partial charge in [0.2, 0.25) is 0 Å². The van der Waals surface area contributed by atoms with E-state index in [1.54, 1.807) is 0 Å². The SMILES string of the molecule is CC(C)(C)OC(=O)CCC(=O)OC1CCC(C2CCCCC2)CC1.CCCCCCCCCCCCCCCCCCOC(=O)CC(C(=O)OC1CCCCC1)C(CC(=O)OC1CCCCC1)C(=O)OC1CCCCC1.O=C(OC1CCCCC1)C(F)(F)C(F)(F)C(F)(F)C(=O)OC1CCCCC1.O=C(OC1CCCCC1)C1CC(C(=O)OC2CCCCC2)C(C(=O)OC2CCCCC2)C1C(=O)OC1CCCCC1. The average molecular weight is 2050 g/mol. The summed E-state index contributed by atoms with van der Waals surface area (Å²) in [5, 5.41) is 0. The third kappa shape index (κ3) is 42.9. The van der Waals surface area contributed by atoms with Crippen molar-refractivity contribution in [1.82, 2.24) is 0 Å². The fourth-order valence-corrected chi connectivity index (χ4v) is 23.6. The lowest BCUT2D eigenvalue weighted by Crippen LogP contribution is -2.62. The number of halogens is 6. The largest absolute Gasteiger partial charge is 0.466 e. The summed E-state index contributed by atoms with van der Waals surface area (Å²) in [6.45, 7) is 8.03. The van der Waals surface area contributed by atoms with Crippen LogP contribution in [0.5, 0.6) is 0 Å². The van der Waals surface area contributed by atoms with Gasteiger partial charge in [0.25, 0.3) is 0 Å². The van der Waals surface area contributed by atoms with Gasteiger partial charge in [-0.15, -0.1) is 0 Å². The van der Waals surface area contributed by atoms with E-state index in [9.17, 15) is 83.9 Å². The van der Waals surface area contributed by atoms with E-state index in [1.165, 1.54) is 128 Å². The highest BCUT2D eigenvalue weighted by atomic mass is 19.3. The lowest BCUT2D eigenvalue weighted by molar-refractivity contribution is -0.303. The van der Waals surface area contributed by atoms with Crippen LogP contribution in [0, 0.1) is 47.3 Å². The maximum absolute atomic E-state index is 13.9. The molecule has 0 aliphatic heterocycles. The topological polar surface area (TPSA) is 316 Å². The van der Waals surface area contributed by atoms with Gasteiger partial charge < -0.3 is 56.8 Å². The molecule has 0 aromatic rings. The Morgan fingerprint density at radius 2 is 0.507 bits per heavy atom. The first-order chi connectivity index (χ1) is 69.3. The first kappa shape index (κ1) is 121. The van der Waals surface area contributed by atoms with Gasteiger partial charge >= 0.3 is 89.4 Å². The number of hydrogen-bond acceptors (Lipinski definition) is 24. The molecule has 0 amide bonds. The Bertz CT molecular complexity index is 3630. The van der Waals surface area contributed by atoms with Gasteiger partial charge in [-0.2, -0.15) is 26.3 Å². The highest BCUT2D eigenvalue weighted by Gasteiger charge is 2.80. The van der Waals surface area contributed by atoms with Crippen LogP contribution in [0.15, 0.2) is 0 Å². The van der Waals surface area contributed by atoms with Crippen LogP contribution >= 0.6 is 0 Å². The number of alkyl halides is 6. The minimum absolute atomic E-state index is 0.0476. The third-order valence-electron chi connectivity index (χ3n) is 32.1. The Balaban J connectivity index is 0.000000224. The summed E-state index contributed by atoms with van der Waals surface area (Å²) in [4.78, 5) is 156. The maximum Gasteiger partial charge on any atom is 0.411 e. The summed E-state index contributed by atoms with van der Waals surface area (Å²) < 4.78 is 150. The van der Waals surface area contributed by atoms with Crippen LogP contribution in [0.1, 0.15) is 509 Å². The average Bonchev–Trinajstić information content (AvgIpc) is 0.778. The van der Waals surface area contributed by atoms with Gasteiger partial charge in [-0.3, -0.25) is 47.9 Å². The van der Waals surface area contributed by atoms with E-state index in [-0.39, 0.29) is 125 Å². The van der Waals surface area contributed by atoms with Crippen LogP contribution in [0.25, 0.3) is 0 Å². The van der Waals surface area contributed by atoms with Crippen molar-refractivity contribution >= 4 is 71.6 Å². The molecule has 12 fully saturated rings. The van der Waals surface area contributed by atoms with E-state index in [2.05, 4.69) is 16.4 Å². The molecule has 24 nitrogen and oxygen atoms in total. The molecule has 0 bridgehead atoms. The molecule has 0 aromatic carbocycles. The Morgan fingerprint density at radius 1 is 0.257 bits per heavy atom. The van der Waals surface area contributed by atoms with E-state index in [0.717, 1.165) is 282 Å². The molecule has 0 N–H and O–H groups in total. The Kier molecular flexibility index (Phi) is 54.8. The van der Waals surface area contributed by atoms with Crippen molar-refractivity contribution in [3.8, 4) is 0 Å². The summed E-state index contributed by atoms with van der Waals surface area (Å²) in [5.41, 5.74) is -0.501. The van der Waals surface area contributed by atoms with Gasteiger partial charge in [0.15, 0.2) is 0 Å². The molecule has 12 aliphatic carbocycles. The zero-order chi connectivity index (χ0) is 104. The monoisotopic (exact) mass is 2050 g/mol. The highest BCUT2D eigenvalue weighted by Crippen LogP contribution is 2.50. The number of unbranched alkanes of at least 4 members (excludes halogenated alkanes) is 15. The van der Waals surface area contributed by atoms with Crippen LogP contribution in [-0.4, -0.2) is 163 Å². The molecule has 12 rings (SSSR count). The molecule has 6 atom stereocenters. The standard InChI is InChI=1S/C44H76O8.C33H50O8.C20H34O4.C17H22F6O4/c1-2-3-4-5-6-7-8-9-10-11-12-13-14-15-16-26-33-49-41(45)34-39(43(47)51-37-29-22-18-23-30-37)40(44(48)52-38-31-24-19-25-32-38)35-42(46)50-36-27-20-17-21-28-36;34-30(38-22-13-5-1-6-14-22)26-21-27(31(35)39-23-15-7-2-8-16-23)29(33(37)41-25-19-11-4-12-20-25)28(26)32(36)40-24-17-9-3-10-18-24;1-20(2,3)24-19(22)14-13-18(21)23-17-11-9-16(10-12-17)15-7-5-4-6-8-15;18-15(19,13(24)26-11-7-3-1-4-8-11)17(22,23)16(20,21)14(25)27-12-9-5-2-6-10-12/h36-40H,2-35H2,1H3;22-29H,1-21H2;15-17H,4-14H2,1-3H3;11-12H,1-10H2. The van der Waals surface area contributed by atoms with Gasteiger partial charge in [0.05, 0.1) is 67.8 Å². The zero-order valence-corrected chi connectivity index (χ0v) is 88.2. The number of rotatable bonds is 46. The first-order valence-electron chi connectivity index (χ1n) is 57.8. The fourth-order valence-electron chi connectivity index (χ4n) is 23.6. The van der Waals surface area contributed by atoms with Gasteiger partial charge in [0, 0.05) is 0 Å². The van der Waals surface area contributed by atoms with Crippen molar-refractivity contribution in [2.24, 2.45) is 47.3 Å². The van der Waals surface area contributed by atoms with E-state index < -0.39 is 131 Å². The fraction of sp³-hybridized carbons (Fsp3) is 0.895. The molecule has 30 heteroatoms. The minimum atomic E-state index is -6.28. The second kappa shape index (κ2) is 65.4. The van der Waals surface area contributed by atoms with Crippen LogP contribution in [0.2, 0.25) is 0 Å². The second-order valence-electron chi connectivity index (χ2n) is 45.1. The molecule has 12 aliphatic rings. The lowest BCUT2D eigenvalue weighted by atomic mass is 9.73. The molecule has 12 saturated carbocycles. The molecule has 0 saturated heterocycles. The van der Waals surface area contributed by atoms with Gasteiger partial charge in [-0.05, 0) is 302 Å². The maximum atomic E-state index is 13.9. The van der Waals surface area contributed by atoms with Crippen molar-refractivity contribution in [1.29, 1.82) is 0 Å². The van der Waals surface area contributed by atoms with Gasteiger partial charge in [-0.25, -0.2) is 9.59 Å². The minimum Gasteiger partial charge on any atom is -0.466 e. The molecule has 0 spiro atoms. The summed E-state index contributed by atoms with van der Waals surface area (Å²) in [6.07, 6.45) is 64.9. The predicted octanol–water partition coefficient (Wildman–Crippen LogP) is 27.2. The molecule has 0 aromatic heterocycles. The van der Waals surface area contributed by atoms with Crippen molar-refractivity contribution in [2.45, 2.75) is 594 Å². The van der Waals surface area contributed by atoms with Crippen LogP contribution in [0.4, 0.5) is 26.3 Å². The van der Waals surface area contributed by atoms with E-state index in [1.807, 2.05) is 20.8 Å². The van der Waals surface area contributed by atoms with Crippen molar-refractivity contribution in [3.05, 3.63) is 0 Å². The van der Waals surface area contributed by atoms with Crippen molar-refractivity contribution in [2.75, 3.05) is 6.61 Å². The summed E-state index contributed by atoms with van der Waals surface area (Å²) >= 11 is 0. The van der Waals surface area contributed by atoms with Gasteiger partial charge in [0.1, 0.15) is 66.6 Å². The quantitative estimate of drug-likeness (QED) is 0.0236. The van der Waals surface area contributed by atoms with E-state index >= 15 is 0 Å². The Morgan fingerprint density at radius 3 is 0.826 bits per heavy atom. The van der Waals surface area contributed by atoms with Crippen LogP contribution < -0.4 is 0 Å². The predicted molar refractivity (Wildman–Crippen MR) is 530 cm³/mol. The number of carbonyl (C=O) groups excluding carboxylic acids is 12. The molecule has 0 heterocycles.